The normalized spacial score (nSPS) is 13.8. The molecule has 0 spiro atoms. The molecular formula is C21H36IN5O2. The summed E-state index contributed by atoms with van der Waals surface area (Å²) in [5.41, 5.74) is 3.54. The molecule has 8 heteroatoms. The topological polar surface area (TPSA) is 78.0 Å². The first kappa shape index (κ1) is 25.3. The first-order valence-electron chi connectivity index (χ1n) is 10.0. The summed E-state index contributed by atoms with van der Waals surface area (Å²) >= 11 is 0. The highest BCUT2D eigenvalue weighted by molar-refractivity contribution is 14.0. The highest BCUT2D eigenvalue weighted by atomic mass is 127. The van der Waals surface area contributed by atoms with Gasteiger partial charge in [-0.2, -0.15) is 0 Å². The van der Waals surface area contributed by atoms with Crippen LogP contribution in [0.2, 0.25) is 0 Å². The number of amides is 1. The molecule has 0 atom stereocenters. The van der Waals surface area contributed by atoms with Crippen LogP contribution in [0.15, 0.2) is 23.2 Å². The Morgan fingerprint density at radius 1 is 1.21 bits per heavy atom. The van der Waals surface area contributed by atoms with Crippen LogP contribution < -0.4 is 20.9 Å². The fourth-order valence-corrected chi connectivity index (χ4v) is 3.15. The minimum Gasteiger partial charge on any atom is -0.444 e. The molecule has 0 radical (unpaired) electrons. The molecule has 0 bridgehead atoms. The number of hydrogen-bond donors (Lipinski definition) is 3. The lowest BCUT2D eigenvalue weighted by atomic mass is 9.99. The molecule has 2 rings (SSSR count). The van der Waals surface area contributed by atoms with Crippen LogP contribution in [-0.4, -0.2) is 51.4 Å². The maximum Gasteiger partial charge on any atom is 0.407 e. The lowest BCUT2D eigenvalue weighted by Gasteiger charge is -2.28. The quantitative estimate of drug-likeness (QED) is 0.234. The number of benzene rings is 1. The van der Waals surface area contributed by atoms with Gasteiger partial charge in [0.15, 0.2) is 5.96 Å². The number of aryl methyl sites for hydroxylation is 1. The Labute approximate surface area is 192 Å². The molecule has 1 aromatic rings. The van der Waals surface area contributed by atoms with Gasteiger partial charge in [0, 0.05) is 46.0 Å². The Bertz CT molecular complexity index is 688. The number of nitrogens with one attached hydrogen (secondary N) is 3. The van der Waals surface area contributed by atoms with Crippen molar-refractivity contribution < 1.29 is 9.53 Å². The third-order valence-corrected chi connectivity index (χ3v) is 4.49. The zero-order valence-corrected chi connectivity index (χ0v) is 20.6. The van der Waals surface area contributed by atoms with E-state index >= 15 is 0 Å². The Morgan fingerprint density at radius 2 is 1.93 bits per heavy atom. The van der Waals surface area contributed by atoms with Crippen molar-refractivity contribution in [3.8, 4) is 0 Å². The van der Waals surface area contributed by atoms with E-state index in [4.69, 9.17) is 4.74 Å². The fraction of sp³-hybridized carbons (Fsp3) is 0.619. The van der Waals surface area contributed by atoms with Crippen molar-refractivity contribution in [3.63, 3.8) is 0 Å². The van der Waals surface area contributed by atoms with Crippen LogP contribution in [0.4, 0.5) is 10.5 Å². The predicted octanol–water partition coefficient (Wildman–Crippen LogP) is 3.27. The van der Waals surface area contributed by atoms with Crippen molar-refractivity contribution in [3.05, 3.63) is 29.3 Å². The van der Waals surface area contributed by atoms with Crippen molar-refractivity contribution >= 4 is 41.7 Å². The lowest BCUT2D eigenvalue weighted by Crippen LogP contribution is -2.39. The number of carbonyl (C=O) groups excluding carboxylic acids is 1. The van der Waals surface area contributed by atoms with E-state index in [0.29, 0.717) is 13.1 Å². The van der Waals surface area contributed by atoms with E-state index in [-0.39, 0.29) is 30.1 Å². The van der Waals surface area contributed by atoms with Crippen molar-refractivity contribution in [2.45, 2.75) is 52.2 Å². The monoisotopic (exact) mass is 517 g/mol. The molecule has 3 N–H and O–H groups in total. The number of anilines is 1. The molecule has 0 saturated heterocycles. The predicted molar refractivity (Wildman–Crippen MR) is 131 cm³/mol. The van der Waals surface area contributed by atoms with Crippen LogP contribution >= 0.6 is 24.0 Å². The molecule has 0 saturated carbocycles. The standard InChI is InChI=1S/C21H35N5O2.HI/c1-21(2,3)28-20(27)24-12-7-11-23-19(22-4)25-15-16-9-10-18-17(14-16)8-6-13-26(18)5;/h9-10,14H,6-8,11-13,15H2,1-5H3,(H,24,27)(H2,22,23,25);1H. The van der Waals surface area contributed by atoms with Crippen molar-refractivity contribution in [2.24, 2.45) is 4.99 Å². The molecular weight excluding hydrogens is 481 g/mol. The highest BCUT2D eigenvalue weighted by Gasteiger charge is 2.15. The maximum absolute atomic E-state index is 11.6. The molecule has 0 aliphatic carbocycles. The Balaban J connectivity index is 0.00000420. The van der Waals surface area contributed by atoms with Crippen LogP contribution in [0.3, 0.4) is 0 Å². The second kappa shape index (κ2) is 12.1. The van der Waals surface area contributed by atoms with E-state index < -0.39 is 5.60 Å². The third-order valence-electron chi connectivity index (χ3n) is 4.49. The van der Waals surface area contributed by atoms with E-state index in [0.717, 1.165) is 31.9 Å². The molecule has 1 aromatic carbocycles. The smallest absolute Gasteiger partial charge is 0.407 e. The molecule has 0 unspecified atom stereocenters. The van der Waals surface area contributed by atoms with Crippen LogP contribution in [-0.2, 0) is 17.7 Å². The summed E-state index contributed by atoms with van der Waals surface area (Å²) in [4.78, 5) is 18.2. The summed E-state index contributed by atoms with van der Waals surface area (Å²) in [6.07, 6.45) is 2.75. The number of halogens is 1. The second-order valence-corrected chi connectivity index (χ2v) is 8.12. The summed E-state index contributed by atoms with van der Waals surface area (Å²) < 4.78 is 5.21. The summed E-state index contributed by atoms with van der Waals surface area (Å²) in [5, 5.41) is 9.37. The number of ether oxygens (including phenoxy) is 1. The summed E-state index contributed by atoms with van der Waals surface area (Å²) in [6.45, 7) is 8.68. The van der Waals surface area contributed by atoms with Gasteiger partial charge in [-0.15, -0.1) is 24.0 Å². The molecule has 29 heavy (non-hydrogen) atoms. The van der Waals surface area contributed by atoms with Crippen molar-refractivity contribution in [2.75, 3.05) is 38.6 Å². The van der Waals surface area contributed by atoms with Crippen LogP contribution in [0.25, 0.3) is 0 Å². The number of hydrogen-bond acceptors (Lipinski definition) is 4. The Hall–Kier alpha value is -1.71. The first-order chi connectivity index (χ1) is 13.3. The average molecular weight is 517 g/mol. The molecule has 1 amide bonds. The molecule has 0 fully saturated rings. The van der Waals surface area contributed by atoms with Crippen molar-refractivity contribution in [1.82, 2.24) is 16.0 Å². The van der Waals surface area contributed by atoms with Gasteiger partial charge in [0.2, 0.25) is 0 Å². The molecule has 1 heterocycles. The number of alkyl carbamates (subject to hydrolysis) is 1. The molecule has 164 valence electrons. The number of nitrogens with zero attached hydrogens (tertiary/aromatic N) is 2. The SMILES string of the molecule is CN=C(NCCCNC(=O)OC(C)(C)C)NCc1ccc2c(c1)CCCN2C.I. The number of fused-ring (bicyclic) bond motifs is 1. The van der Waals surface area contributed by atoms with Gasteiger partial charge in [-0.05, 0) is 57.2 Å². The van der Waals surface area contributed by atoms with E-state index in [1.165, 1.54) is 23.2 Å². The molecule has 0 aromatic heterocycles. The van der Waals surface area contributed by atoms with Gasteiger partial charge in [0.25, 0.3) is 0 Å². The van der Waals surface area contributed by atoms with Gasteiger partial charge in [0.1, 0.15) is 5.60 Å². The highest BCUT2D eigenvalue weighted by Crippen LogP contribution is 2.26. The van der Waals surface area contributed by atoms with E-state index in [1.54, 1.807) is 7.05 Å². The minimum atomic E-state index is -0.472. The van der Waals surface area contributed by atoms with Gasteiger partial charge in [-0.1, -0.05) is 12.1 Å². The molecule has 1 aliphatic heterocycles. The zero-order valence-electron chi connectivity index (χ0n) is 18.3. The largest absolute Gasteiger partial charge is 0.444 e. The van der Waals surface area contributed by atoms with Gasteiger partial charge >= 0.3 is 6.09 Å². The van der Waals surface area contributed by atoms with E-state index in [9.17, 15) is 4.79 Å². The third kappa shape index (κ3) is 9.10. The summed E-state index contributed by atoms with van der Waals surface area (Å²) in [7, 11) is 3.91. The summed E-state index contributed by atoms with van der Waals surface area (Å²) in [6, 6.07) is 6.67. The number of carbonyl (C=O) groups is 1. The summed E-state index contributed by atoms with van der Waals surface area (Å²) in [5.74, 6) is 0.757. The van der Waals surface area contributed by atoms with Crippen LogP contribution in [0.5, 0.6) is 0 Å². The second-order valence-electron chi connectivity index (χ2n) is 8.12. The van der Waals surface area contributed by atoms with Crippen LogP contribution in [0, 0.1) is 0 Å². The zero-order chi connectivity index (χ0) is 20.6. The molecule has 1 aliphatic rings. The minimum absolute atomic E-state index is 0. The van der Waals surface area contributed by atoms with Crippen molar-refractivity contribution in [1.29, 1.82) is 0 Å². The lowest BCUT2D eigenvalue weighted by molar-refractivity contribution is 0.0527. The van der Waals surface area contributed by atoms with Gasteiger partial charge in [0.05, 0.1) is 0 Å². The van der Waals surface area contributed by atoms with Gasteiger partial charge < -0.3 is 25.6 Å². The van der Waals surface area contributed by atoms with Crippen LogP contribution in [0.1, 0.15) is 44.7 Å². The van der Waals surface area contributed by atoms with Gasteiger partial charge in [-0.25, -0.2) is 4.79 Å². The Kier molecular flexibility index (Phi) is 10.6. The number of guanidine groups is 1. The molecule has 7 nitrogen and oxygen atoms in total. The maximum atomic E-state index is 11.6. The van der Waals surface area contributed by atoms with E-state index in [1.807, 2.05) is 20.8 Å². The Morgan fingerprint density at radius 3 is 2.62 bits per heavy atom. The first-order valence-corrected chi connectivity index (χ1v) is 10.0. The number of rotatable bonds is 6. The average Bonchev–Trinajstić information content (AvgIpc) is 2.62. The van der Waals surface area contributed by atoms with Gasteiger partial charge in [-0.3, -0.25) is 4.99 Å². The fourth-order valence-electron chi connectivity index (χ4n) is 3.15. The number of aliphatic imine (C=N–C) groups is 1. The van der Waals surface area contributed by atoms with E-state index in [2.05, 4.69) is 51.1 Å².